The van der Waals surface area contributed by atoms with Crippen molar-refractivity contribution in [1.82, 2.24) is 20.5 Å². The molecule has 128 valence electrons. The number of nitrogens with zero attached hydrogens (tertiary/aromatic N) is 2. The predicted molar refractivity (Wildman–Crippen MR) is 95.0 cm³/mol. The third-order valence-corrected chi connectivity index (χ3v) is 5.12. The molecule has 0 aliphatic carbocycles. The van der Waals surface area contributed by atoms with Crippen LogP contribution in [0, 0.1) is 0 Å². The molecule has 3 amide bonds. The van der Waals surface area contributed by atoms with E-state index in [1.165, 1.54) is 4.70 Å². The van der Waals surface area contributed by atoms with Crippen molar-refractivity contribution < 1.29 is 9.59 Å². The molecule has 1 aromatic carbocycles. The van der Waals surface area contributed by atoms with Gasteiger partial charge in [-0.1, -0.05) is 12.1 Å². The van der Waals surface area contributed by atoms with Crippen LogP contribution in [-0.2, 0) is 4.79 Å². The van der Waals surface area contributed by atoms with Gasteiger partial charge in [0.2, 0.25) is 5.91 Å². The molecule has 0 unspecified atom stereocenters. The van der Waals surface area contributed by atoms with Gasteiger partial charge in [0.05, 0.1) is 22.8 Å². The maximum Gasteiger partial charge on any atom is 0.321 e. The number of hydrogen-bond donors (Lipinski definition) is 2. The maximum absolute atomic E-state index is 12.1. The molecule has 1 aliphatic rings. The van der Waals surface area contributed by atoms with Crippen LogP contribution >= 0.6 is 11.3 Å². The zero-order chi connectivity index (χ0) is 17.1. The summed E-state index contributed by atoms with van der Waals surface area (Å²) in [4.78, 5) is 30.6. The fourth-order valence-corrected chi connectivity index (χ4v) is 4.11. The standard InChI is InChI=1S/C17H22N4O2S/c1-11(2)18-17(23)20-15(22)10-21-9-5-7-13(21)16-19-12-6-3-4-8-14(12)24-16/h3-4,6,8,11,13H,5,7,9-10H2,1-2H3,(H2,18,20,22,23)/t13-/m0/s1. The number of thiazole rings is 1. The molecule has 1 aliphatic heterocycles. The summed E-state index contributed by atoms with van der Waals surface area (Å²) in [5.41, 5.74) is 1.00. The molecule has 1 fully saturated rings. The van der Waals surface area contributed by atoms with Gasteiger partial charge in [-0.05, 0) is 45.4 Å². The van der Waals surface area contributed by atoms with Crippen LogP contribution < -0.4 is 10.6 Å². The number of rotatable bonds is 4. The lowest BCUT2D eigenvalue weighted by Crippen LogP contribution is -2.46. The number of amides is 3. The molecule has 0 saturated carbocycles. The van der Waals surface area contributed by atoms with Gasteiger partial charge in [-0.2, -0.15) is 0 Å². The number of para-hydroxylation sites is 1. The second kappa shape index (κ2) is 7.27. The van der Waals surface area contributed by atoms with Crippen molar-refractivity contribution in [3.05, 3.63) is 29.3 Å². The van der Waals surface area contributed by atoms with E-state index in [4.69, 9.17) is 4.98 Å². The maximum atomic E-state index is 12.1. The quantitative estimate of drug-likeness (QED) is 0.892. The number of hydrogen-bond acceptors (Lipinski definition) is 5. The first-order valence-electron chi connectivity index (χ1n) is 8.23. The first-order chi connectivity index (χ1) is 11.5. The fraction of sp³-hybridized carbons (Fsp3) is 0.471. The Kier molecular flexibility index (Phi) is 5.11. The topological polar surface area (TPSA) is 74.3 Å². The summed E-state index contributed by atoms with van der Waals surface area (Å²) in [6, 6.07) is 7.79. The summed E-state index contributed by atoms with van der Waals surface area (Å²) in [5, 5.41) is 6.10. The van der Waals surface area contributed by atoms with E-state index in [-0.39, 0.29) is 24.5 Å². The van der Waals surface area contributed by atoms with Crippen LogP contribution in [0.25, 0.3) is 10.2 Å². The largest absolute Gasteiger partial charge is 0.336 e. The van der Waals surface area contributed by atoms with Crippen molar-refractivity contribution in [2.75, 3.05) is 13.1 Å². The number of fused-ring (bicyclic) bond motifs is 1. The second-order valence-corrected chi connectivity index (χ2v) is 7.39. The van der Waals surface area contributed by atoms with Crippen LogP contribution in [-0.4, -0.2) is 41.0 Å². The van der Waals surface area contributed by atoms with Gasteiger partial charge in [0, 0.05) is 6.04 Å². The number of benzene rings is 1. The molecule has 3 rings (SSSR count). The van der Waals surface area contributed by atoms with Gasteiger partial charge in [-0.15, -0.1) is 11.3 Å². The van der Waals surface area contributed by atoms with E-state index in [1.807, 2.05) is 32.0 Å². The molecular weight excluding hydrogens is 324 g/mol. The van der Waals surface area contributed by atoms with E-state index < -0.39 is 6.03 Å². The summed E-state index contributed by atoms with van der Waals surface area (Å²) in [6.45, 7) is 4.77. The summed E-state index contributed by atoms with van der Waals surface area (Å²) in [6.07, 6.45) is 2.03. The third kappa shape index (κ3) is 3.91. The number of urea groups is 1. The summed E-state index contributed by atoms with van der Waals surface area (Å²) >= 11 is 1.68. The summed E-state index contributed by atoms with van der Waals surface area (Å²) in [5.74, 6) is -0.277. The Morgan fingerprint density at radius 2 is 2.17 bits per heavy atom. The van der Waals surface area contributed by atoms with Crippen molar-refractivity contribution >= 4 is 33.5 Å². The monoisotopic (exact) mass is 346 g/mol. The van der Waals surface area contributed by atoms with Crippen LogP contribution in [0.1, 0.15) is 37.7 Å². The minimum absolute atomic E-state index is 0.0000774. The van der Waals surface area contributed by atoms with Gasteiger partial charge in [0.25, 0.3) is 0 Å². The molecule has 1 aromatic heterocycles. The molecule has 2 aromatic rings. The van der Waals surface area contributed by atoms with Crippen LogP contribution in [0.5, 0.6) is 0 Å². The van der Waals surface area contributed by atoms with Crippen LogP contribution in [0.3, 0.4) is 0 Å². The Morgan fingerprint density at radius 1 is 1.38 bits per heavy atom. The lowest BCUT2D eigenvalue weighted by atomic mass is 10.2. The Balaban J connectivity index is 1.65. The minimum Gasteiger partial charge on any atom is -0.336 e. The third-order valence-electron chi connectivity index (χ3n) is 3.98. The molecule has 24 heavy (non-hydrogen) atoms. The normalized spacial score (nSPS) is 18.2. The van der Waals surface area contributed by atoms with E-state index in [0.29, 0.717) is 0 Å². The van der Waals surface area contributed by atoms with E-state index in [1.54, 1.807) is 11.3 Å². The highest BCUT2D eigenvalue weighted by Crippen LogP contribution is 2.36. The number of imide groups is 1. The number of nitrogens with one attached hydrogen (secondary N) is 2. The molecule has 2 heterocycles. The summed E-state index contributed by atoms with van der Waals surface area (Å²) in [7, 11) is 0. The lowest BCUT2D eigenvalue weighted by molar-refractivity contribution is -0.121. The molecule has 1 atom stereocenters. The number of aromatic nitrogens is 1. The van der Waals surface area contributed by atoms with Gasteiger partial charge < -0.3 is 5.32 Å². The molecular formula is C17H22N4O2S. The van der Waals surface area contributed by atoms with Crippen molar-refractivity contribution in [2.24, 2.45) is 0 Å². The highest BCUT2D eigenvalue weighted by atomic mass is 32.1. The molecule has 6 nitrogen and oxygen atoms in total. The van der Waals surface area contributed by atoms with Gasteiger partial charge >= 0.3 is 6.03 Å². The van der Waals surface area contributed by atoms with Crippen molar-refractivity contribution in [3.63, 3.8) is 0 Å². The van der Waals surface area contributed by atoms with Crippen molar-refractivity contribution in [2.45, 2.75) is 38.8 Å². The van der Waals surface area contributed by atoms with E-state index in [0.717, 1.165) is 29.9 Å². The molecule has 7 heteroatoms. The molecule has 0 radical (unpaired) electrons. The van der Waals surface area contributed by atoms with Crippen molar-refractivity contribution in [1.29, 1.82) is 0 Å². The van der Waals surface area contributed by atoms with E-state index in [2.05, 4.69) is 21.6 Å². The smallest absolute Gasteiger partial charge is 0.321 e. The zero-order valence-electron chi connectivity index (χ0n) is 13.9. The van der Waals surface area contributed by atoms with Gasteiger partial charge in [-0.3, -0.25) is 15.0 Å². The SMILES string of the molecule is CC(C)NC(=O)NC(=O)CN1CCC[C@H]1c1nc2ccccc2s1. The molecule has 2 N–H and O–H groups in total. The minimum atomic E-state index is -0.439. The Morgan fingerprint density at radius 3 is 2.92 bits per heavy atom. The zero-order valence-corrected chi connectivity index (χ0v) is 14.7. The van der Waals surface area contributed by atoms with Crippen LogP contribution in [0.15, 0.2) is 24.3 Å². The highest BCUT2D eigenvalue weighted by Gasteiger charge is 2.30. The summed E-state index contributed by atoms with van der Waals surface area (Å²) < 4.78 is 1.17. The van der Waals surface area contributed by atoms with Crippen molar-refractivity contribution in [3.8, 4) is 0 Å². The molecule has 1 saturated heterocycles. The molecule has 0 bridgehead atoms. The first kappa shape index (κ1) is 16.9. The Hall–Kier alpha value is -1.99. The second-order valence-electron chi connectivity index (χ2n) is 6.32. The lowest BCUT2D eigenvalue weighted by Gasteiger charge is -2.22. The van der Waals surface area contributed by atoms with Gasteiger partial charge in [-0.25, -0.2) is 9.78 Å². The fourth-order valence-electron chi connectivity index (χ4n) is 2.98. The first-order valence-corrected chi connectivity index (χ1v) is 9.04. The average Bonchev–Trinajstić information content (AvgIpc) is 3.11. The Bertz CT molecular complexity index is 710. The predicted octanol–water partition coefficient (Wildman–Crippen LogP) is 2.67. The van der Waals surface area contributed by atoms with Crippen LogP contribution in [0.4, 0.5) is 4.79 Å². The van der Waals surface area contributed by atoms with Crippen LogP contribution in [0.2, 0.25) is 0 Å². The average molecular weight is 346 g/mol. The Labute approximate surface area is 145 Å². The van der Waals surface area contributed by atoms with Gasteiger partial charge in [0.15, 0.2) is 0 Å². The number of carbonyl (C=O) groups excluding carboxylic acids is 2. The highest BCUT2D eigenvalue weighted by molar-refractivity contribution is 7.18. The number of carbonyl (C=O) groups is 2. The number of likely N-dealkylation sites (tertiary alicyclic amines) is 1. The van der Waals surface area contributed by atoms with Gasteiger partial charge in [0.1, 0.15) is 5.01 Å². The van der Waals surface area contributed by atoms with E-state index in [9.17, 15) is 9.59 Å². The molecule has 0 spiro atoms. The van der Waals surface area contributed by atoms with E-state index >= 15 is 0 Å².